The number of pyridine rings is 1. The molecule has 0 spiro atoms. The SMILES string of the molecule is COCCCSC1=CC=C/C(=C\c2cc(=O)c(C(=O)O)cn2C(C)C(C)(C)C)C1=N. The molecule has 0 saturated carbocycles. The molecule has 1 aromatic heterocycles. The van der Waals surface area contributed by atoms with Gasteiger partial charge in [0.15, 0.2) is 5.43 Å². The monoisotopic (exact) mass is 430 g/mol. The lowest BCUT2D eigenvalue weighted by atomic mass is 9.87. The van der Waals surface area contributed by atoms with Crippen LogP contribution in [0.3, 0.4) is 0 Å². The number of nitrogens with zero attached hydrogens (tertiary/aromatic N) is 1. The van der Waals surface area contributed by atoms with E-state index in [1.807, 2.05) is 29.7 Å². The minimum absolute atomic E-state index is 0.0664. The molecule has 0 radical (unpaired) electrons. The van der Waals surface area contributed by atoms with Gasteiger partial charge in [-0.05, 0) is 30.9 Å². The summed E-state index contributed by atoms with van der Waals surface area (Å²) in [4.78, 5) is 24.7. The molecule has 0 bridgehead atoms. The van der Waals surface area contributed by atoms with Crippen LogP contribution in [0.5, 0.6) is 0 Å². The summed E-state index contributed by atoms with van der Waals surface area (Å²) in [7, 11) is 1.67. The summed E-state index contributed by atoms with van der Waals surface area (Å²) in [5, 5.41) is 18.0. The number of carboxylic acid groups (broad SMARTS) is 1. The first-order valence-corrected chi connectivity index (χ1v) is 10.9. The van der Waals surface area contributed by atoms with Crippen molar-refractivity contribution in [1.29, 1.82) is 5.41 Å². The zero-order valence-corrected chi connectivity index (χ0v) is 19.0. The number of nitrogens with one attached hydrogen (secondary N) is 1. The quantitative estimate of drug-likeness (QED) is 0.579. The molecule has 1 aromatic rings. The Balaban J connectivity index is 2.44. The number of carboxylic acids is 1. The molecule has 1 unspecified atom stereocenters. The second kappa shape index (κ2) is 10.1. The molecule has 2 rings (SSSR count). The van der Waals surface area contributed by atoms with Crippen molar-refractivity contribution in [3.05, 3.63) is 62.5 Å². The van der Waals surface area contributed by atoms with Crippen LogP contribution in [0.25, 0.3) is 6.08 Å². The number of thioether (sulfide) groups is 1. The topological polar surface area (TPSA) is 92.4 Å². The van der Waals surface area contributed by atoms with Crippen LogP contribution in [0.4, 0.5) is 0 Å². The molecular formula is C23H30N2O4S. The van der Waals surface area contributed by atoms with Gasteiger partial charge in [-0.2, -0.15) is 0 Å². The van der Waals surface area contributed by atoms with Crippen LogP contribution in [0, 0.1) is 10.8 Å². The molecule has 162 valence electrons. The lowest BCUT2D eigenvalue weighted by molar-refractivity contribution is 0.0693. The highest BCUT2D eigenvalue weighted by Gasteiger charge is 2.25. The Labute approximate surface area is 181 Å². The van der Waals surface area contributed by atoms with E-state index in [1.165, 1.54) is 12.3 Å². The van der Waals surface area contributed by atoms with E-state index in [0.717, 1.165) is 17.1 Å². The van der Waals surface area contributed by atoms with E-state index in [-0.39, 0.29) is 17.0 Å². The number of methoxy groups -OCH3 is 1. The number of aromatic carboxylic acids is 1. The molecule has 2 N–H and O–H groups in total. The average molecular weight is 431 g/mol. The minimum Gasteiger partial charge on any atom is -0.477 e. The van der Waals surface area contributed by atoms with E-state index in [9.17, 15) is 14.7 Å². The highest BCUT2D eigenvalue weighted by Crippen LogP contribution is 2.32. The maximum absolute atomic E-state index is 12.4. The smallest absolute Gasteiger partial charge is 0.341 e. The first-order chi connectivity index (χ1) is 14.1. The molecule has 1 atom stereocenters. The molecule has 0 amide bonds. The summed E-state index contributed by atoms with van der Waals surface area (Å²) in [5.74, 6) is -0.389. The first-order valence-electron chi connectivity index (χ1n) is 9.87. The Bertz CT molecular complexity index is 964. The fourth-order valence-electron chi connectivity index (χ4n) is 2.93. The summed E-state index contributed by atoms with van der Waals surface area (Å²) in [5.41, 5.74) is 0.715. The third-order valence-corrected chi connectivity index (χ3v) is 6.27. The summed E-state index contributed by atoms with van der Waals surface area (Å²) in [6, 6.07) is 1.28. The summed E-state index contributed by atoms with van der Waals surface area (Å²) in [6.45, 7) is 8.86. The van der Waals surface area contributed by atoms with Crippen LogP contribution in [0.1, 0.15) is 56.2 Å². The Hall–Kier alpha value is -2.38. The van der Waals surface area contributed by atoms with E-state index in [0.29, 0.717) is 23.6 Å². The first kappa shape index (κ1) is 23.9. The summed E-state index contributed by atoms with van der Waals surface area (Å²) >= 11 is 1.60. The van der Waals surface area contributed by atoms with Crippen molar-refractivity contribution < 1.29 is 14.6 Å². The normalized spacial score (nSPS) is 16.6. The Morgan fingerprint density at radius 1 is 1.40 bits per heavy atom. The van der Waals surface area contributed by atoms with Gasteiger partial charge in [0.2, 0.25) is 0 Å². The van der Waals surface area contributed by atoms with Crippen molar-refractivity contribution in [2.45, 2.75) is 40.2 Å². The summed E-state index contributed by atoms with van der Waals surface area (Å²) in [6.07, 6.45) is 9.74. The van der Waals surface area contributed by atoms with E-state index < -0.39 is 11.4 Å². The molecule has 6 nitrogen and oxygen atoms in total. The lowest BCUT2D eigenvalue weighted by Gasteiger charge is -2.31. The number of ether oxygens (including phenoxy) is 1. The highest BCUT2D eigenvalue weighted by molar-refractivity contribution is 8.04. The second-order valence-corrected chi connectivity index (χ2v) is 9.43. The molecule has 0 aromatic carbocycles. The van der Waals surface area contributed by atoms with Crippen molar-refractivity contribution in [3.63, 3.8) is 0 Å². The zero-order valence-electron chi connectivity index (χ0n) is 18.2. The predicted octanol–water partition coefficient (Wildman–Crippen LogP) is 4.78. The van der Waals surface area contributed by atoms with Gasteiger partial charge in [0.25, 0.3) is 0 Å². The fraction of sp³-hybridized carbons (Fsp3) is 0.435. The summed E-state index contributed by atoms with van der Waals surface area (Å²) < 4.78 is 6.89. The van der Waals surface area contributed by atoms with Gasteiger partial charge >= 0.3 is 5.97 Å². The Morgan fingerprint density at radius 3 is 2.70 bits per heavy atom. The second-order valence-electron chi connectivity index (χ2n) is 8.29. The van der Waals surface area contributed by atoms with Crippen molar-refractivity contribution in [2.24, 2.45) is 5.41 Å². The fourth-order valence-corrected chi connectivity index (χ4v) is 3.85. The van der Waals surface area contributed by atoms with Gasteiger partial charge in [-0.1, -0.05) is 32.9 Å². The van der Waals surface area contributed by atoms with Crippen LogP contribution < -0.4 is 5.43 Å². The minimum atomic E-state index is -1.24. The van der Waals surface area contributed by atoms with Crippen molar-refractivity contribution in [2.75, 3.05) is 19.5 Å². The molecule has 1 heterocycles. The largest absolute Gasteiger partial charge is 0.477 e. The highest BCUT2D eigenvalue weighted by atomic mass is 32.2. The van der Waals surface area contributed by atoms with Crippen LogP contribution in [-0.2, 0) is 4.74 Å². The molecular weight excluding hydrogens is 400 g/mol. The molecule has 0 aliphatic heterocycles. The molecule has 1 aliphatic rings. The van der Waals surface area contributed by atoms with Crippen molar-refractivity contribution in [1.82, 2.24) is 4.57 Å². The molecule has 7 heteroatoms. The van der Waals surface area contributed by atoms with Crippen molar-refractivity contribution in [3.8, 4) is 0 Å². The van der Waals surface area contributed by atoms with Gasteiger partial charge in [0, 0.05) is 53.9 Å². The number of hydrogen-bond acceptors (Lipinski definition) is 5. The van der Waals surface area contributed by atoms with Gasteiger partial charge in [0.1, 0.15) is 5.56 Å². The molecule has 1 aliphatic carbocycles. The standard InChI is InChI=1S/C23H30N2O4S/c1-15(23(2,3)4)25-14-18(22(27)28)19(26)13-17(25)12-16-8-6-9-20(21(16)24)30-11-7-10-29-5/h6,8-9,12-15,24H,7,10-11H2,1-5H3,(H,27,28)/b16-12+,24-21?. The van der Waals surface area contributed by atoms with E-state index in [2.05, 4.69) is 20.8 Å². The van der Waals surface area contributed by atoms with Crippen LogP contribution >= 0.6 is 11.8 Å². The number of rotatable bonds is 8. The van der Waals surface area contributed by atoms with E-state index in [1.54, 1.807) is 24.9 Å². The number of aromatic nitrogens is 1. The third kappa shape index (κ3) is 5.83. The van der Waals surface area contributed by atoms with Gasteiger partial charge < -0.3 is 14.4 Å². The van der Waals surface area contributed by atoms with Gasteiger partial charge in [-0.25, -0.2) is 4.79 Å². The van der Waals surface area contributed by atoms with Crippen LogP contribution in [0.15, 0.2) is 45.8 Å². The third-order valence-electron chi connectivity index (χ3n) is 5.12. The Kier molecular flexibility index (Phi) is 8.03. The van der Waals surface area contributed by atoms with Gasteiger partial charge in [0.05, 0.1) is 5.71 Å². The predicted molar refractivity (Wildman–Crippen MR) is 124 cm³/mol. The number of hydrogen-bond donors (Lipinski definition) is 2. The Morgan fingerprint density at radius 2 is 2.10 bits per heavy atom. The maximum atomic E-state index is 12.4. The number of allylic oxidation sites excluding steroid dienone is 5. The van der Waals surface area contributed by atoms with Crippen LogP contribution in [0.2, 0.25) is 0 Å². The average Bonchev–Trinajstić information content (AvgIpc) is 2.66. The lowest BCUT2D eigenvalue weighted by Crippen LogP contribution is -2.27. The van der Waals surface area contributed by atoms with E-state index in [4.69, 9.17) is 10.1 Å². The molecule has 30 heavy (non-hydrogen) atoms. The maximum Gasteiger partial charge on any atom is 0.341 e. The van der Waals surface area contributed by atoms with E-state index >= 15 is 0 Å². The van der Waals surface area contributed by atoms with Gasteiger partial charge in [-0.15, -0.1) is 11.8 Å². The van der Waals surface area contributed by atoms with Gasteiger partial charge in [-0.3, -0.25) is 10.2 Å². The number of carbonyl (C=O) groups is 1. The molecule has 0 fully saturated rings. The van der Waals surface area contributed by atoms with Crippen LogP contribution in [-0.4, -0.2) is 40.8 Å². The zero-order chi connectivity index (χ0) is 22.5. The van der Waals surface area contributed by atoms with Crippen molar-refractivity contribution >= 4 is 29.5 Å². The molecule has 0 saturated heterocycles.